The Balaban J connectivity index is 3.40. The van der Waals surface area contributed by atoms with Gasteiger partial charge in [-0.3, -0.25) is 4.79 Å². The summed E-state index contributed by atoms with van der Waals surface area (Å²) in [5.74, 6) is -0.0246. The van der Waals surface area contributed by atoms with Gasteiger partial charge in [0.1, 0.15) is 0 Å². The third-order valence-corrected chi connectivity index (χ3v) is 15.0. The lowest BCUT2D eigenvalue weighted by Crippen LogP contribution is -2.45. The number of rotatable bonds is 60. The highest BCUT2D eigenvalue weighted by Crippen LogP contribution is 2.19. The molecule has 72 heavy (non-hydrogen) atoms. The number of carbonyl (C=O) groups is 1. The van der Waals surface area contributed by atoms with Gasteiger partial charge in [-0.1, -0.05) is 344 Å². The summed E-state index contributed by atoms with van der Waals surface area (Å²) in [4.78, 5) is 12.5. The van der Waals surface area contributed by atoms with Crippen LogP contribution < -0.4 is 5.32 Å². The molecule has 3 N–H and O–H groups in total. The van der Waals surface area contributed by atoms with Crippen molar-refractivity contribution in [1.29, 1.82) is 0 Å². The highest BCUT2D eigenvalue weighted by molar-refractivity contribution is 5.76. The van der Waals surface area contributed by atoms with Crippen LogP contribution in [0, 0.1) is 0 Å². The van der Waals surface area contributed by atoms with Crippen LogP contribution >= 0.6 is 0 Å². The molecule has 0 rings (SSSR count). The highest BCUT2D eigenvalue weighted by atomic mass is 16.3. The SMILES string of the molecule is CC/C=C\C/C=C\C/C=C\C/C=C\C/C=C\CCCCCCCCCCCCCCCCCCCCCCCCCC(=O)NC(CO)C(O)CCCCCCCCCCCCCCCCCCCCCCC. The van der Waals surface area contributed by atoms with Gasteiger partial charge in [-0.2, -0.15) is 0 Å². The van der Waals surface area contributed by atoms with Crippen molar-refractivity contribution in [2.75, 3.05) is 6.61 Å². The van der Waals surface area contributed by atoms with Gasteiger partial charge in [-0.05, 0) is 57.8 Å². The molecule has 0 aromatic carbocycles. The molecule has 0 aromatic rings. The van der Waals surface area contributed by atoms with Crippen LogP contribution in [0.5, 0.6) is 0 Å². The summed E-state index contributed by atoms with van der Waals surface area (Å²) in [6.45, 7) is 4.28. The summed E-state index contributed by atoms with van der Waals surface area (Å²) in [6.07, 6.45) is 89.7. The Hall–Kier alpha value is -1.91. The van der Waals surface area contributed by atoms with E-state index in [-0.39, 0.29) is 12.5 Å². The summed E-state index contributed by atoms with van der Waals surface area (Å²) in [7, 11) is 0. The minimum Gasteiger partial charge on any atom is -0.394 e. The zero-order chi connectivity index (χ0) is 52.0. The Labute approximate surface area is 451 Å². The maximum absolute atomic E-state index is 12.5. The van der Waals surface area contributed by atoms with Gasteiger partial charge in [0, 0.05) is 6.42 Å². The average Bonchev–Trinajstić information content (AvgIpc) is 3.39. The van der Waals surface area contributed by atoms with Crippen LogP contribution in [-0.4, -0.2) is 34.9 Å². The number of hydrogen-bond donors (Lipinski definition) is 3. The van der Waals surface area contributed by atoms with Gasteiger partial charge < -0.3 is 15.5 Å². The Kier molecular flexibility index (Phi) is 61.7. The lowest BCUT2D eigenvalue weighted by atomic mass is 10.0. The monoisotopic (exact) mass is 1010 g/mol. The molecule has 0 saturated carbocycles. The van der Waals surface area contributed by atoms with Crippen molar-refractivity contribution in [3.8, 4) is 0 Å². The molecule has 0 fully saturated rings. The summed E-state index contributed by atoms with van der Waals surface area (Å²) in [5.41, 5.74) is 0. The Morgan fingerprint density at radius 3 is 0.917 bits per heavy atom. The van der Waals surface area contributed by atoms with Gasteiger partial charge in [0.2, 0.25) is 5.91 Å². The van der Waals surface area contributed by atoms with Gasteiger partial charge in [0.25, 0.3) is 0 Å². The van der Waals surface area contributed by atoms with Crippen LogP contribution in [0.25, 0.3) is 0 Å². The van der Waals surface area contributed by atoms with Crippen LogP contribution in [-0.2, 0) is 4.79 Å². The third kappa shape index (κ3) is 59.0. The molecule has 4 nitrogen and oxygen atoms in total. The van der Waals surface area contributed by atoms with Gasteiger partial charge >= 0.3 is 0 Å². The molecular formula is C68H127NO3. The van der Waals surface area contributed by atoms with Crippen molar-refractivity contribution in [2.45, 2.75) is 360 Å². The molecule has 0 aliphatic heterocycles. The van der Waals surface area contributed by atoms with Crippen molar-refractivity contribution < 1.29 is 15.0 Å². The normalized spacial score (nSPS) is 13.1. The van der Waals surface area contributed by atoms with E-state index < -0.39 is 12.1 Å². The smallest absolute Gasteiger partial charge is 0.220 e. The number of nitrogens with one attached hydrogen (secondary N) is 1. The van der Waals surface area contributed by atoms with E-state index in [2.05, 4.69) is 79.9 Å². The summed E-state index contributed by atoms with van der Waals surface area (Å²) < 4.78 is 0. The Morgan fingerprint density at radius 2 is 0.611 bits per heavy atom. The average molecular weight is 1010 g/mol. The maximum Gasteiger partial charge on any atom is 0.220 e. The first-order valence-corrected chi connectivity index (χ1v) is 32.5. The summed E-state index contributed by atoms with van der Waals surface area (Å²) in [5, 5.41) is 23.4. The van der Waals surface area contributed by atoms with Crippen molar-refractivity contribution in [3.63, 3.8) is 0 Å². The minimum absolute atomic E-state index is 0.0246. The largest absolute Gasteiger partial charge is 0.394 e. The Bertz CT molecular complexity index is 1190. The fourth-order valence-corrected chi connectivity index (χ4v) is 10.2. The van der Waals surface area contributed by atoms with E-state index in [1.807, 2.05) is 0 Å². The quantitative estimate of drug-likeness (QED) is 0.0420. The molecule has 2 atom stereocenters. The van der Waals surface area contributed by atoms with Gasteiger partial charge in [0.05, 0.1) is 18.8 Å². The van der Waals surface area contributed by atoms with Crippen molar-refractivity contribution in [3.05, 3.63) is 60.8 Å². The van der Waals surface area contributed by atoms with Gasteiger partial charge in [-0.15, -0.1) is 0 Å². The molecule has 0 aliphatic carbocycles. The molecule has 0 saturated heterocycles. The third-order valence-electron chi connectivity index (χ3n) is 15.0. The lowest BCUT2D eigenvalue weighted by Gasteiger charge is -2.22. The van der Waals surface area contributed by atoms with Crippen LogP contribution in [0.1, 0.15) is 348 Å². The molecule has 0 spiro atoms. The number of aliphatic hydroxyl groups excluding tert-OH is 2. The standard InChI is InChI=1S/C68H127NO3/c1-3-5-7-9-11-13-15-17-19-21-23-25-26-27-28-29-30-31-32-33-34-35-36-37-38-39-40-41-42-44-46-48-50-52-54-56-58-60-62-64-68(72)69-66(65-70)67(71)63-61-59-57-55-53-51-49-47-45-43-24-22-20-18-16-14-12-10-8-6-4-2/h5,7,11,13,17,19,23,25,27-28,66-67,70-71H,3-4,6,8-10,12,14-16,18,20-22,24,26,29-65H2,1-2H3,(H,69,72)/b7-5-,13-11-,19-17-,25-23-,28-27-. The van der Waals surface area contributed by atoms with E-state index in [9.17, 15) is 15.0 Å². The topological polar surface area (TPSA) is 69.6 Å². The molecule has 1 amide bonds. The molecule has 0 aliphatic rings. The van der Waals surface area contributed by atoms with Crippen LogP contribution in [0.15, 0.2) is 60.8 Å². The highest BCUT2D eigenvalue weighted by Gasteiger charge is 2.20. The number of unbranched alkanes of at least 4 members (excludes halogenated alkanes) is 43. The molecule has 4 heteroatoms. The first-order chi connectivity index (χ1) is 35.7. The molecule has 0 heterocycles. The summed E-state index contributed by atoms with van der Waals surface area (Å²) in [6, 6.07) is -0.536. The van der Waals surface area contributed by atoms with E-state index in [1.54, 1.807) is 0 Å². The molecule has 0 radical (unpaired) electrons. The van der Waals surface area contributed by atoms with Crippen molar-refractivity contribution in [2.24, 2.45) is 0 Å². The van der Waals surface area contributed by atoms with Crippen molar-refractivity contribution >= 4 is 5.91 Å². The minimum atomic E-state index is -0.660. The molecular weight excluding hydrogens is 879 g/mol. The fourth-order valence-electron chi connectivity index (χ4n) is 10.2. The predicted octanol–water partition coefficient (Wildman–Crippen LogP) is 21.9. The van der Waals surface area contributed by atoms with Gasteiger partial charge in [0.15, 0.2) is 0 Å². The molecule has 422 valence electrons. The number of carbonyl (C=O) groups excluding carboxylic acids is 1. The molecule has 0 aromatic heterocycles. The second-order valence-corrected chi connectivity index (χ2v) is 22.2. The molecule has 2 unspecified atom stereocenters. The first kappa shape index (κ1) is 70.1. The number of hydrogen-bond acceptors (Lipinski definition) is 3. The van der Waals surface area contributed by atoms with Crippen LogP contribution in [0.3, 0.4) is 0 Å². The van der Waals surface area contributed by atoms with Gasteiger partial charge in [-0.25, -0.2) is 0 Å². The fraction of sp³-hybridized carbons (Fsp3) is 0.838. The van der Waals surface area contributed by atoms with E-state index >= 15 is 0 Å². The van der Waals surface area contributed by atoms with Crippen LogP contribution in [0.2, 0.25) is 0 Å². The first-order valence-electron chi connectivity index (χ1n) is 32.5. The second-order valence-electron chi connectivity index (χ2n) is 22.2. The van der Waals surface area contributed by atoms with Crippen molar-refractivity contribution in [1.82, 2.24) is 5.32 Å². The van der Waals surface area contributed by atoms with E-state index in [0.29, 0.717) is 12.8 Å². The molecule has 0 bridgehead atoms. The lowest BCUT2D eigenvalue weighted by molar-refractivity contribution is -0.123. The van der Waals surface area contributed by atoms with Crippen LogP contribution in [0.4, 0.5) is 0 Å². The maximum atomic E-state index is 12.5. The Morgan fingerprint density at radius 1 is 0.347 bits per heavy atom. The summed E-state index contributed by atoms with van der Waals surface area (Å²) >= 11 is 0. The number of amides is 1. The van der Waals surface area contributed by atoms with E-state index in [4.69, 9.17) is 0 Å². The zero-order valence-electron chi connectivity index (χ0n) is 48.7. The zero-order valence-corrected chi connectivity index (χ0v) is 48.7. The number of aliphatic hydroxyl groups is 2. The second kappa shape index (κ2) is 63.4. The predicted molar refractivity (Wildman–Crippen MR) is 322 cm³/mol. The van der Waals surface area contributed by atoms with E-state index in [1.165, 1.54) is 263 Å². The van der Waals surface area contributed by atoms with E-state index in [0.717, 1.165) is 57.8 Å². The number of allylic oxidation sites excluding steroid dienone is 10.